The average Bonchev–Trinajstić information content (AvgIpc) is 2.57. The Kier molecular flexibility index (Phi) is 5.41. The van der Waals surface area contributed by atoms with E-state index in [1.807, 2.05) is 6.07 Å². The van der Waals surface area contributed by atoms with E-state index in [4.69, 9.17) is 9.47 Å². The van der Waals surface area contributed by atoms with E-state index in [0.29, 0.717) is 18.0 Å². The SMILES string of the molecule is COc1ccc(CN(C)C(=O)Nc2ccccc2F)c(OC)c1. The first-order valence-corrected chi connectivity index (χ1v) is 7.02. The van der Waals surface area contributed by atoms with Crippen LogP contribution >= 0.6 is 0 Å². The van der Waals surface area contributed by atoms with Gasteiger partial charge in [0.1, 0.15) is 17.3 Å². The van der Waals surface area contributed by atoms with Gasteiger partial charge in [-0.05, 0) is 24.3 Å². The number of methoxy groups -OCH3 is 2. The number of halogens is 1. The van der Waals surface area contributed by atoms with Crippen LogP contribution < -0.4 is 14.8 Å². The third-order valence-corrected chi connectivity index (χ3v) is 3.36. The molecule has 0 unspecified atom stereocenters. The fourth-order valence-electron chi connectivity index (χ4n) is 2.08. The zero-order chi connectivity index (χ0) is 16.8. The van der Waals surface area contributed by atoms with Gasteiger partial charge < -0.3 is 19.7 Å². The van der Waals surface area contributed by atoms with Gasteiger partial charge in [-0.1, -0.05) is 12.1 Å². The number of ether oxygens (including phenoxy) is 2. The molecule has 0 radical (unpaired) electrons. The van der Waals surface area contributed by atoms with Crippen molar-refractivity contribution in [3.8, 4) is 11.5 Å². The number of hydrogen-bond donors (Lipinski definition) is 1. The second kappa shape index (κ2) is 7.49. The minimum atomic E-state index is -0.476. The van der Waals surface area contributed by atoms with E-state index in [1.54, 1.807) is 45.5 Å². The van der Waals surface area contributed by atoms with Crippen molar-refractivity contribution in [3.63, 3.8) is 0 Å². The summed E-state index contributed by atoms with van der Waals surface area (Å²) >= 11 is 0. The molecular weight excluding hydrogens is 299 g/mol. The van der Waals surface area contributed by atoms with Crippen molar-refractivity contribution in [1.29, 1.82) is 0 Å². The Morgan fingerprint density at radius 1 is 1.17 bits per heavy atom. The second-order valence-electron chi connectivity index (χ2n) is 4.94. The van der Waals surface area contributed by atoms with Crippen molar-refractivity contribution in [2.75, 3.05) is 26.6 Å². The van der Waals surface area contributed by atoms with Crippen LogP contribution in [-0.2, 0) is 6.54 Å². The standard InChI is InChI=1S/C17H19FN2O3/c1-20(17(21)19-15-7-5-4-6-14(15)18)11-12-8-9-13(22-2)10-16(12)23-3/h4-10H,11H2,1-3H3,(H,19,21). The highest BCUT2D eigenvalue weighted by atomic mass is 19.1. The fourth-order valence-corrected chi connectivity index (χ4v) is 2.08. The molecule has 1 N–H and O–H groups in total. The number of carbonyl (C=O) groups excluding carboxylic acids is 1. The Balaban J connectivity index is 2.08. The first-order chi connectivity index (χ1) is 11.0. The van der Waals surface area contributed by atoms with Crippen molar-refractivity contribution in [2.24, 2.45) is 0 Å². The summed E-state index contributed by atoms with van der Waals surface area (Å²) in [7, 11) is 4.75. The van der Waals surface area contributed by atoms with Gasteiger partial charge in [0.25, 0.3) is 0 Å². The lowest BCUT2D eigenvalue weighted by Crippen LogP contribution is -2.31. The minimum absolute atomic E-state index is 0.144. The molecular formula is C17H19FN2O3. The van der Waals surface area contributed by atoms with E-state index in [2.05, 4.69) is 5.32 Å². The number of nitrogens with one attached hydrogen (secondary N) is 1. The van der Waals surface area contributed by atoms with Gasteiger partial charge in [0.15, 0.2) is 0 Å². The molecule has 0 saturated heterocycles. The number of para-hydroxylation sites is 1. The van der Waals surface area contributed by atoms with Crippen molar-refractivity contribution in [1.82, 2.24) is 4.90 Å². The van der Waals surface area contributed by atoms with Gasteiger partial charge in [-0.3, -0.25) is 0 Å². The van der Waals surface area contributed by atoms with Gasteiger partial charge in [-0.25, -0.2) is 9.18 Å². The molecule has 0 aromatic heterocycles. The smallest absolute Gasteiger partial charge is 0.321 e. The molecule has 0 heterocycles. The highest BCUT2D eigenvalue weighted by Crippen LogP contribution is 2.25. The molecule has 0 spiro atoms. The summed E-state index contributed by atoms with van der Waals surface area (Å²) in [6.45, 7) is 0.313. The van der Waals surface area contributed by atoms with Crippen LogP contribution in [-0.4, -0.2) is 32.2 Å². The number of nitrogens with zero attached hydrogens (tertiary/aromatic N) is 1. The summed E-state index contributed by atoms with van der Waals surface area (Å²) in [5.41, 5.74) is 0.963. The third-order valence-electron chi connectivity index (χ3n) is 3.36. The first kappa shape index (κ1) is 16.6. The molecule has 0 aliphatic rings. The van der Waals surface area contributed by atoms with E-state index in [-0.39, 0.29) is 5.69 Å². The second-order valence-corrected chi connectivity index (χ2v) is 4.94. The summed E-state index contributed by atoms with van der Waals surface area (Å²) in [6, 6.07) is 11.0. The van der Waals surface area contributed by atoms with E-state index in [0.717, 1.165) is 5.56 Å². The van der Waals surface area contributed by atoms with Crippen LogP contribution in [0, 0.1) is 5.82 Å². The quantitative estimate of drug-likeness (QED) is 0.918. The van der Waals surface area contributed by atoms with Crippen molar-refractivity contribution in [2.45, 2.75) is 6.54 Å². The normalized spacial score (nSPS) is 10.1. The molecule has 0 aliphatic heterocycles. The lowest BCUT2D eigenvalue weighted by atomic mass is 10.2. The maximum atomic E-state index is 13.6. The van der Waals surface area contributed by atoms with Crippen LogP contribution in [0.3, 0.4) is 0 Å². The number of amides is 2. The molecule has 23 heavy (non-hydrogen) atoms. The fraction of sp³-hybridized carbons (Fsp3) is 0.235. The van der Waals surface area contributed by atoms with E-state index in [9.17, 15) is 9.18 Å². The van der Waals surface area contributed by atoms with Gasteiger partial charge in [0.2, 0.25) is 0 Å². The Labute approximate surface area is 134 Å². The van der Waals surface area contributed by atoms with Gasteiger partial charge in [0, 0.05) is 18.7 Å². The van der Waals surface area contributed by atoms with E-state index >= 15 is 0 Å². The molecule has 0 bridgehead atoms. The van der Waals surface area contributed by atoms with Crippen LogP contribution in [0.15, 0.2) is 42.5 Å². The predicted molar refractivity (Wildman–Crippen MR) is 86.4 cm³/mol. The zero-order valence-electron chi connectivity index (χ0n) is 13.3. The van der Waals surface area contributed by atoms with Gasteiger partial charge in [-0.15, -0.1) is 0 Å². The third kappa shape index (κ3) is 4.12. The monoisotopic (exact) mass is 318 g/mol. The first-order valence-electron chi connectivity index (χ1n) is 7.02. The summed E-state index contributed by atoms with van der Waals surface area (Å²) < 4.78 is 24.0. The average molecular weight is 318 g/mol. The maximum absolute atomic E-state index is 13.6. The summed E-state index contributed by atoms with van der Waals surface area (Å²) in [4.78, 5) is 13.6. The summed E-state index contributed by atoms with van der Waals surface area (Å²) in [5.74, 6) is 0.815. The Bertz CT molecular complexity index is 691. The number of benzene rings is 2. The summed E-state index contributed by atoms with van der Waals surface area (Å²) in [5, 5.41) is 2.54. The van der Waals surface area contributed by atoms with E-state index in [1.165, 1.54) is 17.0 Å². The molecule has 5 nitrogen and oxygen atoms in total. The summed E-state index contributed by atoms with van der Waals surface area (Å²) in [6.07, 6.45) is 0. The minimum Gasteiger partial charge on any atom is -0.497 e. The lowest BCUT2D eigenvalue weighted by Gasteiger charge is -2.20. The molecule has 0 aliphatic carbocycles. The Hall–Kier alpha value is -2.76. The molecule has 0 saturated carbocycles. The molecule has 2 rings (SSSR count). The number of rotatable bonds is 5. The topological polar surface area (TPSA) is 50.8 Å². The molecule has 2 aromatic carbocycles. The molecule has 2 amide bonds. The maximum Gasteiger partial charge on any atom is 0.321 e. The van der Waals surface area contributed by atoms with Gasteiger partial charge in [-0.2, -0.15) is 0 Å². The van der Waals surface area contributed by atoms with Crippen LogP contribution in [0.25, 0.3) is 0 Å². The highest BCUT2D eigenvalue weighted by molar-refractivity contribution is 5.89. The van der Waals surface area contributed by atoms with Crippen LogP contribution in [0.5, 0.6) is 11.5 Å². The number of urea groups is 1. The van der Waals surface area contributed by atoms with Crippen LogP contribution in [0.1, 0.15) is 5.56 Å². The van der Waals surface area contributed by atoms with E-state index < -0.39 is 11.8 Å². The predicted octanol–water partition coefficient (Wildman–Crippen LogP) is 3.51. The number of carbonyl (C=O) groups is 1. The molecule has 0 atom stereocenters. The Morgan fingerprint density at radius 2 is 1.91 bits per heavy atom. The van der Waals surface area contributed by atoms with Crippen molar-refractivity contribution >= 4 is 11.7 Å². The largest absolute Gasteiger partial charge is 0.497 e. The van der Waals surface area contributed by atoms with Crippen LogP contribution in [0.4, 0.5) is 14.9 Å². The van der Waals surface area contributed by atoms with Crippen molar-refractivity contribution < 1.29 is 18.7 Å². The molecule has 0 fully saturated rings. The molecule has 6 heteroatoms. The van der Waals surface area contributed by atoms with Gasteiger partial charge >= 0.3 is 6.03 Å². The lowest BCUT2D eigenvalue weighted by molar-refractivity contribution is 0.220. The van der Waals surface area contributed by atoms with Gasteiger partial charge in [0.05, 0.1) is 26.5 Å². The van der Waals surface area contributed by atoms with Crippen LogP contribution in [0.2, 0.25) is 0 Å². The number of anilines is 1. The Morgan fingerprint density at radius 3 is 2.57 bits per heavy atom. The van der Waals surface area contributed by atoms with Crippen molar-refractivity contribution in [3.05, 3.63) is 53.8 Å². The molecule has 122 valence electrons. The highest BCUT2D eigenvalue weighted by Gasteiger charge is 2.14. The molecule has 2 aromatic rings. The zero-order valence-corrected chi connectivity index (χ0v) is 13.3. The number of hydrogen-bond acceptors (Lipinski definition) is 3.